The number of ether oxygens (including phenoxy) is 2. The molecule has 3 aromatic carbocycles. The quantitative estimate of drug-likeness (QED) is 0.135. The van der Waals surface area contributed by atoms with Crippen LogP contribution in [0.15, 0.2) is 65.8 Å². The fraction of sp³-hybridized carbons (Fsp3) is 0.519. The summed E-state index contributed by atoms with van der Waals surface area (Å²) in [5, 5.41) is 8.25. The van der Waals surface area contributed by atoms with Crippen LogP contribution in [0.5, 0.6) is 0 Å². The molecule has 4 amide bonds. The van der Waals surface area contributed by atoms with Gasteiger partial charge in [0.2, 0.25) is 11.8 Å². The number of benzene rings is 3. The van der Waals surface area contributed by atoms with Crippen molar-refractivity contribution in [3.05, 3.63) is 83.3 Å². The predicted octanol–water partition coefficient (Wildman–Crippen LogP) is 10.6. The van der Waals surface area contributed by atoms with E-state index in [2.05, 4.69) is 137 Å². The number of hydrogen-bond donors (Lipinski definition) is 4. The number of rotatable bonds is 8. The minimum atomic E-state index is -0.612. The second-order valence-corrected chi connectivity index (χ2v) is 19.1. The van der Waals surface area contributed by atoms with E-state index in [4.69, 9.17) is 0 Å². The van der Waals surface area contributed by atoms with Gasteiger partial charge in [0.25, 0.3) is 0 Å². The lowest BCUT2D eigenvalue weighted by Crippen LogP contribution is -2.40. The van der Waals surface area contributed by atoms with E-state index in [1.165, 1.54) is 91.7 Å². The van der Waals surface area contributed by atoms with Gasteiger partial charge in [0.05, 0.1) is 44.0 Å². The molecule has 0 unspecified atom stereocenters. The first-order chi connectivity index (χ1) is 32.8. The van der Waals surface area contributed by atoms with Crippen LogP contribution in [0.1, 0.15) is 134 Å². The van der Waals surface area contributed by atoms with Gasteiger partial charge in [-0.2, -0.15) is 0 Å². The Morgan fingerprint density at radius 3 is 1.88 bits per heavy atom. The van der Waals surface area contributed by atoms with Gasteiger partial charge < -0.3 is 40.2 Å². The van der Waals surface area contributed by atoms with E-state index in [0.29, 0.717) is 12.0 Å². The van der Waals surface area contributed by atoms with Crippen molar-refractivity contribution in [1.29, 1.82) is 0 Å². The molecule has 1 spiro atoms. The number of aliphatic imine (C=N–C) groups is 1. The van der Waals surface area contributed by atoms with Crippen LogP contribution in [-0.2, 0) is 37.4 Å². The Morgan fingerprint density at radius 1 is 0.721 bits per heavy atom. The van der Waals surface area contributed by atoms with Crippen LogP contribution >= 0.6 is 0 Å². The van der Waals surface area contributed by atoms with Crippen LogP contribution in [0.4, 0.5) is 15.3 Å². The van der Waals surface area contributed by atoms with Crippen molar-refractivity contribution in [2.75, 3.05) is 52.3 Å². The molecule has 1 aromatic heterocycles. The molecule has 9 rings (SSSR count). The van der Waals surface area contributed by atoms with Crippen molar-refractivity contribution in [3.8, 4) is 33.5 Å². The molecular formula is C54H74N8O6. The Labute approximate surface area is 403 Å². The van der Waals surface area contributed by atoms with E-state index < -0.39 is 12.2 Å². The topological polar surface area (TPSA) is 170 Å². The van der Waals surface area contributed by atoms with Crippen molar-refractivity contribution < 1.29 is 28.7 Å². The maximum absolute atomic E-state index is 12.8. The maximum atomic E-state index is 12.8. The Bertz CT molecular complexity index is 2380. The highest BCUT2D eigenvalue weighted by molar-refractivity contribution is 5.87. The zero-order valence-corrected chi connectivity index (χ0v) is 41.7. The Kier molecular flexibility index (Phi) is 17.9. The molecule has 4 aromatic rings. The highest BCUT2D eigenvalue weighted by Gasteiger charge is 2.42. The van der Waals surface area contributed by atoms with Gasteiger partial charge in [-0.15, -0.1) is 0 Å². The summed E-state index contributed by atoms with van der Waals surface area (Å²) in [4.78, 5) is 62.6. The molecule has 4 N–H and O–H groups in total. The summed E-state index contributed by atoms with van der Waals surface area (Å²) in [6.45, 7) is 15.0. The third-order valence-corrected chi connectivity index (χ3v) is 13.4. The smallest absolute Gasteiger partial charge is 0.407 e. The number of anilines is 1. The van der Waals surface area contributed by atoms with E-state index >= 15 is 0 Å². The number of amides is 4. The predicted molar refractivity (Wildman–Crippen MR) is 271 cm³/mol. The van der Waals surface area contributed by atoms with E-state index in [9.17, 15) is 19.2 Å². The number of imidazole rings is 1. The van der Waals surface area contributed by atoms with Crippen molar-refractivity contribution >= 4 is 36.0 Å². The summed E-state index contributed by atoms with van der Waals surface area (Å²) in [5.74, 6) is 0.587. The van der Waals surface area contributed by atoms with Crippen molar-refractivity contribution in [1.82, 2.24) is 30.4 Å². The zero-order valence-electron chi connectivity index (χ0n) is 41.7. The number of nitrogens with zero attached hydrogens (tertiary/aromatic N) is 4. The molecule has 0 bridgehead atoms. The number of aromatic nitrogens is 2. The van der Waals surface area contributed by atoms with Gasteiger partial charge in [-0.25, -0.2) is 14.6 Å². The Hall–Kier alpha value is -6.18. The minimum absolute atomic E-state index is 0.0344. The van der Waals surface area contributed by atoms with Gasteiger partial charge in [0.15, 0.2) is 0 Å². The van der Waals surface area contributed by atoms with Gasteiger partial charge in [-0.3, -0.25) is 14.6 Å². The number of likely N-dealkylation sites (tertiary alicyclic amines) is 2. The highest BCUT2D eigenvalue weighted by atomic mass is 16.5. The van der Waals surface area contributed by atoms with Gasteiger partial charge in [-0.05, 0) is 116 Å². The number of carbonyl (C=O) groups excluding carboxylic acids is 4. The van der Waals surface area contributed by atoms with Crippen LogP contribution in [0.25, 0.3) is 33.5 Å². The van der Waals surface area contributed by atoms with Crippen molar-refractivity contribution in [2.45, 2.75) is 130 Å². The summed E-state index contributed by atoms with van der Waals surface area (Å²) < 4.78 is 8.95. The summed E-state index contributed by atoms with van der Waals surface area (Å²) in [6.07, 6.45) is 16.4. The standard InChI is InChI=1S/C40H44N6O3.C8H14N2O3.2C3H8/c1-39(2)32-15-12-27(19-33(32)43-24-44-39)29-14-13-28(30-20-40(21-31(29)30)16-4-5-17-40)25-8-10-26(11-9-25)34-22-41-37(45-34)35-7-6-18-46(35)36(47)23-42-38(48)49-3;1-13-8(12)9-6-7(11)10-4-2-3-5-10;2*1-3-2/h8-15,19,22,24,35H,4-7,16-18,20-21,23H2,1-3H3,(H,41,45)(H,42,48)(H,43,44);2-6H2,1H3,(H,9,12);2*3H2,1-2H3/t35-;;;/m0.../s1. The van der Waals surface area contributed by atoms with Crippen LogP contribution in [0, 0.1) is 5.41 Å². The molecule has 2 aliphatic carbocycles. The lowest BCUT2D eigenvalue weighted by Gasteiger charge is -2.28. The van der Waals surface area contributed by atoms with Gasteiger partial charge in [0.1, 0.15) is 18.9 Å². The zero-order chi connectivity index (χ0) is 48.8. The van der Waals surface area contributed by atoms with Crippen LogP contribution in [0.2, 0.25) is 0 Å². The van der Waals surface area contributed by atoms with Crippen molar-refractivity contribution in [3.63, 3.8) is 0 Å². The average Bonchev–Trinajstić information content (AvgIpc) is 4.21. The normalized spacial score (nSPS) is 17.8. The van der Waals surface area contributed by atoms with E-state index in [0.717, 1.165) is 74.4 Å². The molecule has 0 radical (unpaired) electrons. The van der Waals surface area contributed by atoms with Gasteiger partial charge >= 0.3 is 12.2 Å². The molecule has 5 aliphatic rings. The molecular weight excluding hydrogens is 857 g/mol. The third-order valence-electron chi connectivity index (χ3n) is 13.4. The average molecular weight is 931 g/mol. The second-order valence-electron chi connectivity index (χ2n) is 19.1. The molecule has 1 saturated carbocycles. The number of nitrogens with one attached hydrogen (secondary N) is 4. The first-order valence-electron chi connectivity index (χ1n) is 24.8. The Balaban J connectivity index is 0.000000338. The molecule has 68 heavy (non-hydrogen) atoms. The van der Waals surface area contributed by atoms with Crippen LogP contribution < -0.4 is 16.0 Å². The molecule has 4 heterocycles. The number of fused-ring (bicyclic) bond motifs is 2. The molecule has 14 heteroatoms. The third kappa shape index (κ3) is 12.3. The number of H-pyrrole nitrogens is 1. The summed E-state index contributed by atoms with van der Waals surface area (Å²) >= 11 is 0. The van der Waals surface area contributed by atoms with Gasteiger partial charge in [-0.1, -0.05) is 102 Å². The largest absolute Gasteiger partial charge is 0.453 e. The van der Waals surface area contributed by atoms with Crippen LogP contribution in [0.3, 0.4) is 0 Å². The lowest BCUT2D eigenvalue weighted by atomic mass is 9.82. The number of carbonyl (C=O) groups is 4. The summed E-state index contributed by atoms with van der Waals surface area (Å²) in [7, 11) is 2.56. The molecule has 14 nitrogen and oxygen atoms in total. The fourth-order valence-electron chi connectivity index (χ4n) is 10.1. The van der Waals surface area contributed by atoms with E-state index in [1.54, 1.807) is 9.80 Å². The number of aromatic amines is 1. The minimum Gasteiger partial charge on any atom is -0.453 e. The molecule has 1 atom stereocenters. The summed E-state index contributed by atoms with van der Waals surface area (Å²) in [5.41, 5.74) is 12.7. The number of hydrogen-bond acceptors (Lipinski definition) is 9. The first-order valence-corrected chi connectivity index (χ1v) is 24.8. The lowest BCUT2D eigenvalue weighted by molar-refractivity contribution is -0.131. The fourth-order valence-corrected chi connectivity index (χ4v) is 10.1. The Morgan fingerprint density at radius 2 is 1.28 bits per heavy atom. The van der Waals surface area contributed by atoms with Gasteiger partial charge in [0, 0.05) is 30.9 Å². The molecule has 3 aliphatic heterocycles. The molecule has 2 saturated heterocycles. The molecule has 3 fully saturated rings. The SMILES string of the molecule is CCC.CCC.COC(=O)NCC(=O)N1CCCC1.COC(=O)NCC(=O)N1CCC[C@H]1c1ncc(-c2ccc(-c3ccc(-c4ccc5c(c4)NC=NC5(C)C)c4c3CC3(CCCC3)C4)cc2)[nH]1. The second kappa shape index (κ2) is 23.7. The monoisotopic (exact) mass is 931 g/mol. The van der Waals surface area contributed by atoms with E-state index in [-0.39, 0.29) is 36.5 Å². The maximum Gasteiger partial charge on any atom is 0.407 e. The summed E-state index contributed by atoms with van der Waals surface area (Å²) in [6, 6.07) is 20.2. The van der Waals surface area contributed by atoms with Crippen molar-refractivity contribution in [2.24, 2.45) is 10.4 Å². The molecule has 366 valence electrons. The van der Waals surface area contributed by atoms with Crippen LogP contribution in [-0.4, -0.2) is 97.1 Å². The highest BCUT2D eigenvalue weighted by Crippen LogP contribution is 2.53. The number of alkyl carbamates (subject to hydrolysis) is 2. The number of methoxy groups -OCH3 is 2. The van der Waals surface area contributed by atoms with E-state index in [1.807, 2.05) is 12.5 Å². The first kappa shape index (κ1) is 51.2.